The van der Waals surface area contributed by atoms with Gasteiger partial charge in [-0.15, -0.1) is 0 Å². The highest BCUT2D eigenvalue weighted by Gasteiger charge is 2.53. The number of hydrogen-bond donors (Lipinski definition) is 0. The van der Waals surface area contributed by atoms with Crippen LogP contribution in [0.15, 0.2) is 18.7 Å². The predicted molar refractivity (Wildman–Crippen MR) is 107 cm³/mol. The number of hydrogen-bond acceptors (Lipinski definition) is 1. The molecule has 25 heavy (non-hydrogen) atoms. The lowest BCUT2D eigenvalue weighted by Gasteiger charge is -2.60. The molecule has 1 unspecified atom stereocenters. The highest BCUT2D eigenvalue weighted by atomic mass is 19.1. The van der Waals surface area contributed by atoms with Crippen LogP contribution in [0.2, 0.25) is 0 Å². The molecule has 1 spiro atoms. The molecule has 2 fully saturated rings. The van der Waals surface area contributed by atoms with Gasteiger partial charge >= 0.3 is 0 Å². The van der Waals surface area contributed by atoms with Crippen molar-refractivity contribution in [1.29, 1.82) is 0 Å². The number of benzene rings is 1. The number of rotatable bonds is 2. The Balaban J connectivity index is 0.000000528. The molecular formula is C23H36FN. The maximum Gasteiger partial charge on any atom is 0.128 e. The first-order valence-corrected chi connectivity index (χ1v) is 10.3. The molecule has 1 nitrogen and oxygen atoms in total. The van der Waals surface area contributed by atoms with Crippen molar-refractivity contribution < 1.29 is 4.39 Å². The first-order chi connectivity index (χ1) is 12.1. The quantitative estimate of drug-likeness (QED) is 0.583. The summed E-state index contributed by atoms with van der Waals surface area (Å²) in [6.45, 7) is 15.8. The summed E-state index contributed by atoms with van der Waals surface area (Å²) in [4.78, 5) is 2.56. The third kappa shape index (κ3) is 3.69. The molecule has 4 rings (SSSR count). The molecule has 1 heterocycles. The molecule has 1 atom stereocenters. The predicted octanol–water partition coefficient (Wildman–Crippen LogP) is 6.60. The second-order valence-electron chi connectivity index (χ2n) is 7.37. The van der Waals surface area contributed by atoms with E-state index < -0.39 is 0 Å². The third-order valence-corrected chi connectivity index (χ3v) is 6.22. The molecule has 2 heteroatoms. The Morgan fingerprint density at radius 2 is 1.84 bits per heavy atom. The Morgan fingerprint density at radius 3 is 2.32 bits per heavy atom. The van der Waals surface area contributed by atoms with Crippen LogP contribution in [-0.4, -0.2) is 17.5 Å². The summed E-state index contributed by atoms with van der Waals surface area (Å²) in [5.41, 5.74) is 4.66. The Morgan fingerprint density at radius 1 is 1.16 bits per heavy atom. The zero-order chi connectivity index (χ0) is 18.6. The molecule has 3 aliphatic rings. The highest BCUT2D eigenvalue weighted by Crippen LogP contribution is 2.58. The van der Waals surface area contributed by atoms with E-state index >= 15 is 0 Å². The molecule has 1 aliphatic heterocycles. The van der Waals surface area contributed by atoms with Crippen LogP contribution in [0.5, 0.6) is 0 Å². The fourth-order valence-corrected chi connectivity index (χ4v) is 4.62. The van der Waals surface area contributed by atoms with E-state index in [1.54, 1.807) is 6.07 Å². The van der Waals surface area contributed by atoms with Crippen LogP contribution in [0.25, 0.3) is 5.57 Å². The van der Waals surface area contributed by atoms with Gasteiger partial charge in [0.1, 0.15) is 5.82 Å². The zero-order valence-corrected chi connectivity index (χ0v) is 16.9. The van der Waals surface area contributed by atoms with Gasteiger partial charge in [-0.25, -0.2) is 4.39 Å². The minimum Gasteiger partial charge on any atom is -0.295 e. The Labute approximate surface area is 154 Å². The Bertz CT molecular complexity index is 595. The van der Waals surface area contributed by atoms with Crippen molar-refractivity contribution >= 4 is 5.57 Å². The normalized spacial score (nSPS) is 23.0. The van der Waals surface area contributed by atoms with Crippen LogP contribution in [0.4, 0.5) is 4.39 Å². The summed E-state index contributed by atoms with van der Waals surface area (Å²) in [7, 11) is 0. The second-order valence-corrected chi connectivity index (χ2v) is 7.37. The largest absolute Gasteiger partial charge is 0.295 e. The van der Waals surface area contributed by atoms with E-state index in [1.807, 2.05) is 34.6 Å². The van der Waals surface area contributed by atoms with E-state index in [0.29, 0.717) is 5.41 Å². The van der Waals surface area contributed by atoms with Gasteiger partial charge in [0.15, 0.2) is 0 Å². The average molecular weight is 346 g/mol. The first kappa shape index (κ1) is 20.2. The smallest absolute Gasteiger partial charge is 0.128 e. The van der Waals surface area contributed by atoms with Gasteiger partial charge in [0.05, 0.1) is 0 Å². The lowest BCUT2D eigenvalue weighted by Crippen LogP contribution is -2.59. The molecule has 0 N–H and O–H groups in total. The summed E-state index contributed by atoms with van der Waals surface area (Å²) in [5, 5.41) is 0. The van der Waals surface area contributed by atoms with Crippen molar-refractivity contribution in [1.82, 2.24) is 4.90 Å². The van der Waals surface area contributed by atoms with Crippen molar-refractivity contribution in [2.45, 2.75) is 85.7 Å². The van der Waals surface area contributed by atoms with Gasteiger partial charge in [-0.2, -0.15) is 0 Å². The van der Waals surface area contributed by atoms with Gasteiger partial charge in [0, 0.05) is 24.7 Å². The maximum absolute atomic E-state index is 14.5. The molecule has 0 bridgehead atoms. The maximum atomic E-state index is 14.5. The van der Waals surface area contributed by atoms with E-state index in [4.69, 9.17) is 0 Å². The second kappa shape index (κ2) is 8.49. The zero-order valence-electron chi connectivity index (χ0n) is 16.9. The topological polar surface area (TPSA) is 3.24 Å². The van der Waals surface area contributed by atoms with Crippen LogP contribution in [-0.2, 0) is 13.0 Å². The van der Waals surface area contributed by atoms with Crippen LogP contribution >= 0.6 is 0 Å². The van der Waals surface area contributed by atoms with Crippen molar-refractivity contribution in [2.24, 2.45) is 5.41 Å². The van der Waals surface area contributed by atoms with E-state index in [2.05, 4.69) is 17.5 Å². The van der Waals surface area contributed by atoms with E-state index in [-0.39, 0.29) is 5.82 Å². The van der Waals surface area contributed by atoms with E-state index in [9.17, 15) is 4.39 Å². The van der Waals surface area contributed by atoms with E-state index in [0.717, 1.165) is 42.3 Å². The molecule has 2 aliphatic carbocycles. The summed E-state index contributed by atoms with van der Waals surface area (Å²) in [6, 6.07) is 4.54. The molecule has 1 aromatic carbocycles. The molecule has 1 aromatic rings. The van der Waals surface area contributed by atoms with Gasteiger partial charge in [-0.3, -0.25) is 4.90 Å². The highest BCUT2D eigenvalue weighted by molar-refractivity contribution is 5.63. The van der Waals surface area contributed by atoms with Crippen molar-refractivity contribution in [3.8, 4) is 0 Å². The minimum absolute atomic E-state index is 0.0304. The minimum atomic E-state index is -0.0304. The Hall–Kier alpha value is -1.15. The number of allylic oxidation sites excluding steroid dienone is 1. The number of fused-ring (bicyclic) bond motifs is 1. The van der Waals surface area contributed by atoms with Crippen molar-refractivity contribution in [3.05, 3.63) is 41.2 Å². The van der Waals surface area contributed by atoms with Gasteiger partial charge in [-0.05, 0) is 61.6 Å². The lowest BCUT2D eigenvalue weighted by atomic mass is 9.52. The Kier molecular flexibility index (Phi) is 6.85. The van der Waals surface area contributed by atoms with Crippen LogP contribution in [0.1, 0.15) is 83.4 Å². The van der Waals surface area contributed by atoms with Crippen molar-refractivity contribution in [2.75, 3.05) is 6.54 Å². The summed E-state index contributed by atoms with van der Waals surface area (Å²) in [5.74, 6) is -0.0304. The third-order valence-electron chi connectivity index (χ3n) is 6.22. The summed E-state index contributed by atoms with van der Waals surface area (Å²) < 4.78 is 14.5. The number of halogens is 1. The molecular weight excluding hydrogens is 309 g/mol. The monoisotopic (exact) mass is 345 g/mol. The molecule has 0 amide bonds. The fraction of sp³-hybridized carbons (Fsp3) is 0.652. The molecule has 0 saturated heterocycles. The molecule has 0 radical (unpaired) electrons. The van der Waals surface area contributed by atoms with Crippen molar-refractivity contribution in [3.63, 3.8) is 0 Å². The standard InChI is InChI=1S/C19H24FN.2C2H6/c1-13(2)15-10-14-5-9-21(12-16(14)17(20)11-15)18-4-8-19(18)6-3-7-19;2*1-2/h10-11,18H,1,3-9,12H2,2H3;2*1-2H3. The fourth-order valence-electron chi connectivity index (χ4n) is 4.62. The molecule has 0 aromatic heterocycles. The molecule has 140 valence electrons. The van der Waals surface area contributed by atoms with Crippen LogP contribution < -0.4 is 0 Å². The van der Waals surface area contributed by atoms with Gasteiger partial charge in [0.25, 0.3) is 0 Å². The van der Waals surface area contributed by atoms with Crippen LogP contribution in [0.3, 0.4) is 0 Å². The SMILES string of the molecule is C=C(C)c1cc(F)c2c(c1)CCN(C1CCC13CCC3)C2.CC.CC. The average Bonchev–Trinajstić information content (AvgIpc) is 2.56. The molecule has 2 saturated carbocycles. The van der Waals surface area contributed by atoms with Gasteiger partial charge < -0.3 is 0 Å². The van der Waals surface area contributed by atoms with Gasteiger partial charge in [-0.1, -0.05) is 52.3 Å². The summed E-state index contributed by atoms with van der Waals surface area (Å²) >= 11 is 0. The lowest BCUT2D eigenvalue weighted by molar-refractivity contribution is -0.0882. The first-order valence-electron chi connectivity index (χ1n) is 10.3. The van der Waals surface area contributed by atoms with Crippen LogP contribution in [0, 0.1) is 11.2 Å². The van der Waals surface area contributed by atoms with Gasteiger partial charge in [0.2, 0.25) is 0 Å². The van der Waals surface area contributed by atoms with E-state index in [1.165, 1.54) is 37.7 Å². The summed E-state index contributed by atoms with van der Waals surface area (Å²) in [6.07, 6.45) is 7.91. The number of nitrogens with zero attached hydrogens (tertiary/aromatic N) is 1.